The minimum atomic E-state index is -0.457. The Labute approximate surface area is 104 Å². The highest BCUT2D eigenvalue weighted by Gasteiger charge is 2.15. The highest BCUT2D eigenvalue weighted by atomic mass is 16.3. The van der Waals surface area contributed by atoms with Gasteiger partial charge in [0.15, 0.2) is 0 Å². The molecule has 18 heavy (non-hydrogen) atoms. The second-order valence-electron chi connectivity index (χ2n) is 3.35. The van der Waals surface area contributed by atoms with E-state index in [0.717, 1.165) is 9.80 Å². The van der Waals surface area contributed by atoms with E-state index in [9.17, 15) is 0 Å². The first kappa shape index (κ1) is 14.5. The molecule has 0 spiro atoms. The van der Waals surface area contributed by atoms with E-state index in [0.29, 0.717) is 12.2 Å². The van der Waals surface area contributed by atoms with E-state index in [4.69, 9.17) is 20.4 Å². The molecular weight excluding hydrogens is 242 g/mol. The van der Waals surface area contributed by atoms with Crippen LogP contribution in [0.5, 0.6) is 0 Å². The van der Waals surface area contributed by atoms with Crippen LogP contribution in [-0.4, -0.2) is 62.3 Å². The molecule has 0 atom stereocenters. The predicted octanol–water partition coefficient (Wildman–Crippen LogP) is -2.15. The van der Waals surface area contributed by atoms with Crippen molar-refractivity contribution in [3.8, 4) is 0 Å². The second kappa shape index (κ2) is 7.01. The number of aromatic nitrogens is 3. The van der Waals surface area contributed by atoms with Gasteiger partial charge in [-0.1, -0.05) is 6.92 Å². The molecule has 1 heterocycles. The van der Waals surface area contributed by atoms with Gasteiger partial charge in [-0.3, -0.25) is 9.80 Å². The molecule has 0 aliphatic rings. The molecule has 0 unspecified atom stereocenters. The third kappa shape index (κ3) is 3.23. The largest absolute Gasteiger partial charge is 0.376 e. The van der Waals surface area contributed by atoms with Crippen molar-refractivity contribution in [3.05, 3.63) is 5.82 Å². The monoisotopic (exact) mass is 259 g/mol. The average Bonchev–Trinajstić information content (AvgIpc) is 2.41. The van der Waals surface area contributed by atoms with Gasteiger partial charge < -0.3 is 20.4 Å². The third-order valence-electron chi connectivity index (χ3n) is 2.22. The summed E-state index contributed by atoms with van der Waals surface area (Å²) in [6, 6.07) is 0. The number of hydrogen-bond donors (Lipinski definition) is 4. The van der Waals surface area contributed by atoms with Crippen molar-refractivity contribution in [1.29, 1.82) is 0 Å². The SMILES string of the molecule is CCc1nc(N(CO)CO)nc(N(CO)CO)n1. The standard InChI is InChI=1S/C9H17N5O4/c1-2-7-10-8(13(3-15)4-16)12-9(11-7)14(5-17)6-18/h15-18H,2-6H2,1H3. The lowest BCUT2D eigenvalue weighted by atomic mass is 10.4. The molecule has 0 saturated heterocycles. The van der Waals surface area contributed by atoms with Crippen LogP contribution in [0.4, 0.5) is 11.9 Å². The van der Waals surface area contributed by atoms with Crippen LogP contribution in [0.25, 0.3) is 0 Å². The summed E-state index contributed by atoms with van der Waals surface area (Å²) in [5.74, 6) is 0.580. The first-order chi connectivity index (χ1) is 8.69. The number of anilines is 2. The van der Waals surface area contributed by atoms with E-state index in [1.165, 1.54) is 0 Å². The zero-order chi connectivity index (χ0) is 13.5. The van der Waals surface area contributed by atoms with Gasteiger partial charge >= 0.3 is 0 Å². The second-order valence-corrected chi connectivity index (χ2v) is 3.35. The molecule has 0 amide bonds. The number of aliphatic hydroxyl groups excluding tert-OH is 4. The zero-order valence-corrected chi connectivity index (χ0v) is 10.1. The summed E-state index contributed by atoms with van der Waals surface area (Å²) in [7, 11) is 0. The van der Waals surface area contributed by atoms with Crippen molar-refractivity contribution in [2.24, 2.45) is 0 Å². The van der Waals surface area contributed by atoms with Crippen molar-refractivity contribution < 1.29 is 20.4 Å². The summed E-state index contributed by atoms with van der Waals surface area (Å²) in [4.78, 5) is 14.2. The maximum atomic E-state index is 9.04. The molecule has 102 valence electrons. The minimum Gasteiger partial charge on any atom is -0.376 e. The van der Waals surface area contributed by atoms with Gasteiger partial charge in [-0.25, -0.2) is 0 Å². The van der Waals surface area contributed by atoms with Crippen molar-refractivity contribution in [2.45, 2.75) is 13.3 Å². The van der Waals surface area contributed by atoms with Crippen LogP contribution in [0.1, 0.15) is 12.7 Å². The molecule has 9 nitrogen and oxygen atoms in total. The molecule has 0 bridgehead atoms. The number of aliphatic hydroxyl groups is 4. The van der Waals surface area contributed by atoms with Crippen LogP contribution >= 0.6 is 0 Å². The Hall–Kier alpha value is -1.55. The van der Waals surface area contributed by atoms with Crippen molar-refractivity contribution >= 4 is 11.9 Å². The smallest absolute Gasteiger partial charge is 0.234 e. The summed E-state index contributed by atoms with van der Waals surface area (Å²) in [5.41, 5.74) is 0. The Kier molecular flexibility index (Phi) is 5.65. The van der Waals surface area contributed by atoms with Gasteiger partial charge in [0, 0.05) is 6.42 Å². The fourth-order valence-corrected chi connectivity index (χ4v) is 1.18. The third-order valence-corrected chi connectivity index (χ3v) is 2.22. The number of aryl methyl sites for hydroxylation is 1. The summed E-state index contributed by atoms with van der Waals surface area (Å²) >= 11 is 0. The summed E-state index contributed by atoms with van der Waals surface area (Å²) in [6.07, 6.45) is 0.512. The molecule has 1 rings (SSSR count). The first-order valence-corrected chi connectivity index (χ1v) is 5.38. The number of nitrogens with zero attached hydrogens (tertiary/aromatic N) is 5. The van der Waals surface area contributed by atoms with E-state index in [1.807, 2.05) is 6.92 Å². The van der Waals surface area contributed by atoms with E-state index in [-0.39, 0.29) is 11.9 Å². The fraction of sp³-hybridized carbons (Fsp3) is 0.667. The number of rotatable bonds is 7. The Morgan fingerprint density at radius 1 is 0.778 bits per heavy atom. The Morgan fingerprint density at radius 2 is 1.17 bits per heavy atom. The van der Waals surface area contributed by atoms with Crippen molar-refractivity contribution in [2.75, 3.05) is 36.7 Å². The van der Waals surface area contributed by atoms with Gasteiger partial charge in [0.25, 0.3) is 0 Å². The Balaban J connectivity index is 3.15. The summed E-state index contributed by atoms with van der Waals surface area (Å²) in [6.45, 7) is -0.00120. The topological polar surface area (TPSA) is 126 Å². The van der Waals surface area contributed by atoms with Crippen LogP contribution in [0, 0.1) is 0 Å². The molecule has 0 aliphatic heterocycles. The molecule has 0 aromatic carbocycles. The van der Waals surface area contributed by atoms with Gasteiger partial charge in [-0.2, -0.15) is 15.0 Å². The molecule has 0 radical (unpaired) electrons. The summed E-state index contributed by atoms with van der Waals surface area (Å²) in [5, 5.41) is 36.2. The predicted molar refractivity (Wildman–Crippen MR) is 62.5 cm³/mol. The van der Waals surface area contributed by atoms with E-state index < -0.39 is 26.9 Å². The quantitative estimate of drug-likeness (QED) is 0.405. The van der Waals surface area contributed by atoms with Crippen LogP contribution in [0.2, 0.25) is 0 Å². The van der Waals surface area contributed by atoms with E-state index in [2.05, 4.69) is 15.0 Å². The Bertz CT molecular complexity index is 340. The highest BCUT2D eigenvalue weighted by Crippen LogP contribution is 2.13. The lowest BCUT2D eigenvalue weighted by Crippen LogP contribution is -2.31. The molecule has 1 aromatic heterocycles. The average molecular weight is 259 g/mol. The minimum absolute atomic E-state index is 0.0775. The van der Waals surface area contributed by atoms with Gasteiger partial charge in [0.2, 0.25) is 11.9 Å². The lowest BCUT2D eigenvalue weighted by Gasteiger charge is -2.21. The lowest BCUT2D eigenvalue weighted by molar-refractivity contribution is 0.217. The normalized spacial score (nSPS) is 10.5. The number of hydrogen-bond acceptors (Lipinski definition) is 9. The molecule has 1 aromatic rings. The van der Waals surface area contributed by atoms with Crippen molar-refractivity contribution in [3.63, 3.8) is 0 Å². The summed E-state index contributed by atoms with van der Waals surface area (Å²) < 4.78 is 0. The molecule has 0 saturated carbocycles. The fourth-order valence-electron chi connectivity index (χ4n) is 1.18. The maximum absolute atomic E-state index is 9.04. The van der Waals surface area contributed by atoms with Gasteiger partial charge in [-0.05, 0) is 0 Å². The van der Waals surface area contributed by atoms with Crippen LogP contribution in [-0.2, 0) is 6.42 Å². The van der Waals surface area contributed by atoms with E-state index in [1.54, 1.807) is 0 Å². The van der Waals surface area contributed by atoms with Gasteiger partial charge in [0.05, 0.1) is 0 Å². The first-order valence-electron chi connectivity index (χ1n) is 5.38. The molecule has 4 N–H and O–H groups in total. The highest BCUT2D eigenvalue weighted by molar-refractivity contribution is 5.38. The van der Waals surface area contributed by atoms with Crippen molar-refractivity contribution in [1.82, 2.24) is 15.0 Å². The van der Waals surface area contributed by atoms with Gasteiger partial charge in [0.1, 0.15) is 32.7 Å². The van der Waals surface area contributed by atoms with Crippen LogP contribution in [0.15, 0.2) is 0 Å². The van der Waals surface area contributed by atoms with E-state index >= 15 is 0 Å². The molecule has 0 fully saturated rings. The molecule has 0 aliphatic carbocycles. The Morgan fingerprint density at radius 3 is 1.44 bits per heavy atom. The van der Waals surface area contributed by atoms with Gasteiger partial charge in [-0.15, -0.1) is 0 Å². The van der Waals surface area contributed by atoms with Crippen LogP contribution < -0.4 is 9.80 Å². The zero-order valence-electron chi connectivity index (χ0n) is 10.1. The molecule has 9 heteroatoms. The van der Waals surface area contributed by atoms with Crippen LogP contribution in [0.3, 0.4) is 0 Å². The molecular formula is C9H17N5O4. The maximum Gasteiger partial charge on any atom is 0.234 e.